The summed E-state index contributed by atoms with van der Waals surface area (Å²) in [6, 6.07) is 7.24. The minimum atomic E-state index is -1.06. The predicted octanol–water partition coefficient (Wildman–Crippen LogP) is 4.08. The van der Waals surface area contributed by atoms with Crippen LogP contribution in [0.1, 0.15) is 11.1 Å². The molecule has 96 valence electrons. The third kappa shape index (κ3) is 2.68. The van der Waals surface area contributed by atoms with Gasteiger partial charge in [-0.15, -0.1) is 0 Å². The van der Waals surface area contributed by atoms with Crippen molar-refractivity contribution in [3.8, 4) is 17.6 Å². The molecular formula is C14H8F3NO. The van der Waals surface area contributed by atoms with Crippen LogP contribution in [-0.4, -0.2) is 0 Å². The van der Waals surface area contributed by atoms with Crippen molar-refractivity contribution >= 4 is 0 Å². The van der Waals surface area contributed by atoms with E-state index in [9.17, 15) is 13.2 Å². The highest BCUT2D eigenvalue weighted by Crippen LogP contribution is 2.30. The van der Waals surface area contributed by atoms with E-state index >= 15 is 0 Å². The zero-order chi connectivity index (χ0) is 14.0. The third-order valence-corrected chi connectivity index (χ3v) is 2.43. The molecule has 0 aliphatic carbocycles. The van der Waals surface area contributed by atoms with Crippen LogP contribution in [0, 0.1) is 35.7 Å². The first-order valence-corrected chi connectivity index (χ1v) is 5.34. The van der Waals surface area contributed by atoms with Crippen LogP contribution in [0.5, 0.6) is 11.5 Å². The summed E-state index contributed by atoms with van der Waals surface area (Å²) in [5.74, 6) is -3.85. The molecule has 0 radical (unpaired) electrons. The van der Waals surface area contributed by atoms with Gasteiger partial charge in [0.15, 0.2) is 29.0 Å². The molecule has 19 heavy (non-hydrogen) atoms. The first-order valence-electron chi connectivity index (χ1n) is 5.34. The van der Waals surface area contributed by atoms with Gasteiger partial charge in [0, 0.05) is 0 Å². The van der Waals surface area contributed by atoms with Crippen molar-refractivity contribution in [1.82, 2.24) is 0 Å². The number of hydrogen-bond acceptors (Lipinski definition) is 2. The minimum absolute atomic E-state index is 0.174. The van der Waals surface area contributed by atoms with Gasteiger partial charge in [0.2, 0.25) is 0 Å². The van der Waals surface area contributed by atoms with Crippen LogP contribution in [0.25, 0.3) is 0 Å². The Morgan fingerprint density at radius 1 is 1.00 bits per heavy atom. The van der Waals surface area contributed by atoms with Gasteiger partial charge in [-0.3, -0.25) is 0 Å². The van der Waals surface area contributed by atoms with E-state index in [1.54, 1.807) is 13.0 Å². The molecule has 0 unspecified atom stereocenters. The fourth-order valence-electron chi connectivity index (χ4n) is 1.52. The number of benzene rings is 2. The fraction of sp³-hybridized carbons (Fsp3) is 0.0714. The Balaban J connectivity index is 2.44. The Kier molecular flexibility index (Phi) is 3.43. The summed E-state index contributed by atoms with van der Waals surface area (Å²) in [7, 11) is 0. The van der Waals surface area contributed by atoms with Crippen LogP contribution in [0.3, 0.4) is 0 Å². The molecule has 0 atom stereocenters. The van der Waals surface area contributed by atoms with Crippen molar-refractivity contribution in [3.05, 3.63) is 58.9 Å². The van der Waals surface area contributed by atoms with E-state index in [2.05, 4.69) is 0 Å². The van der Waals surface area contributed by atoms with E-state index in [0.29, 0.717) is 5.56 Å². The molecule has 0 saturated heterocycles. The Morgan fingerprint density at radius 2 is 1.63 bits per heavy atom. The number of ether oxygens (including phenoxy) is 1. The van der Waals surface area contributed by atoms with Gasteiger partial charge in [0.05, 0.1) is 11.6 Å². The van der Waals surface area contributed by atoms with Gasteiger partial charge in [-0.05, 0) is 36.8 Å². The Bertz CT molecular complexity index is 654. The van der Waals surface area contributed by atoms with Crippen molar-refractivity contribution in [2.24, 2.45) is 0 Å². The number of aryl methyl sites for hydroxylation is 1. The summed E-state index contributed by atoms with van der Waals surface area (Å²) in [4.78, 5) is 0. The van der Waals surface area contributed by atoms with E-state index in [4.69, 9.17) is 10.00 Å². The maximum atomic E-state index is 13.6. The quantitative estimate of drug-likeness (QED) is 0.818. The van der Waals surface area contributed by atoms with E-state index < -0.39 is 23.2 Å². The van der Waals surface area contributed by atoms with Crippen LogP contribution in [0.2, 0.25) is 0 Å². The lowest BCUT2D eigenvalue weighted by molar-refractivity contribution is 0.387. The van der Waals surface area contributed by atoms with Crippen LogP contribution >= 0.6 is 0 Å². The predicted molar refractivity (Wildman–Crippen MR) is 62.3 cm³/mol. The zero-order valence-corrected chi connectivity index (χ0v) is 9.88. The second-order valence-corrected chi connectivity index (χ2v) is 3.92. The second kappa shape index (κ2) is 5.02. The SMILES string of the molecule is Cc1ccc(F)c(Oc2c(F)cc(C#N)cc2F)c1. The van der Waals surface area contributed by atoms with E-state index in [1.165, 1.54) is 12.1 Å². The molecule has 2 rings (SSSR count). The summed E-state index contributed by atoms with van der Waals surface area (Å²) in [5.41, 5.74) is 0.512. The normalized spacial score (nSPS) is 10.1. The van der Waals surface area contributed by atoms with Crippen molar-refractivity contribution in [2.75, 3.05) is 0 Å². The number of halogens is 3. The third-order valence-electron chi connectivity index (χ3n) is 2.43. The van der Waals surface area contributed by atoms with Crippen LogP contribution in [-0.2, 0) is 0 Å². The van der Waals surface area contributed by atoms with Crippen molar-refractivity contribution in [3.63, 3.8) is 0 Å². The Hall–Kier alpha value is -2.48. The Labute approximate surface area is 107 Å². The van der Waals surface area contributed by atoms with Crippen LogP contribution < -0.4 is 4.74 Å². The number of nitrogens with zero attached hydrogens (tertiary/aromatic N) is 1. The van der Waals surface area contributed by atoms with Gasteiger partial charge in [-0.2, -0.15) is 5.26 Å². The number of nitriles is 1. The summed E-state index contributed by atoms with van der Waals surface area (Å²) in [6.45, 7) is 1.69. The lowest BCUT2D eigenvalue weighted by Crippen LogP contribution is -1.96. The molecule has 0 bridgehead atoms. The molecular weight excluding hydrogens is 255 g/mol. The number of rotatable bonds is 2. The zero-order valence-electron chi connectivity index (χ0n) is 9.88. The monoisotopic (exact) mass is 263 g/mol. The first-order chi connectivity index (χ1) is 9.01. The highest BCUT2D eigenvalue weighted by Gasteiger charge is 2.15. The van der Waals surface area contributed by atoms with Crippen LogP contribution in [0.15, 0.2) is 30.3 Å². The summed E-state index contributed by atoms with van der Waals surface area (Å²) >= 11 is 0. The molecule has 0 heterocycles. The van der Waals surface area contributed by atoms with Gasteiger partial charge >= 0.3 is 0 Å². The number of hydrogen-bond donors (Lipinski definition) is 0. The molecule has 0 N–H and O–H groups in total. The molecule has 0 amide bonds. The molecule has 2 aromatic carbocycles. The van der Waals surface area contributed by atoms with Crippen molar-refractivity contribution in [1.29, 1.82) is 5.26 Å². The van der Waals surface area contributed by atoms with Gasteiger partial charge < -0.3 is 4.74 Å². The van der Waals surface area contributed by atoms with E-state index in [1.807, 2.05) is 0 Å². The Morgan fingerprint density at radius 3 is 2.21 bits per heavy atom. The molecule has 0 aliphatic heterocycles. The van der Waals surface area contributed by atoms with Gasteiger partial charge in [-0.1, -0.05) is 6.07 Å². The topological polar surface area (TPSA) is 33.0 Å². The van der Waals surface area contributed by atoms with E-state index in [-0.39, 0.29) is 11.3 Å². The maximum Gasteiger partial charge on any atom is 0.198 e. The minimum Gasteiger partial charge on any atom is -0.448 e. The van der Waals surface area contributed by atoms with E-state index in [0.717, 1.165) is 18.2 Å². The molecule has 0 spiro atoms. The van der Waals surface area contributed by atoms with Gasteiger partial charge in [0.1, 0.15) is 0 Å². The van der Waals surface area contributed by atoms with Crippen molar-refractivity contribution in [2.45, 2.75) is 6.92 Å². The standard InChI is InChI=1S/C14H8F3NO/c1-8-2-3-10(15)13(4-8)19-14-11(16)5-9(7-18)6-12(14)17/h2-6H,1H3. The smallest absolute Gasteiger partial charge is 0.198 e. The molecule has 0 fully saturated rings. The fourth-order valence-corrected chi connectivity index (χ4v) is 1.52. The average molecular weight is 263 g/mol. The summed E-state index contributed by atoms with van der Waals surface area (Å²) < 4.78 is 45.5. The second-order valence-electron chi connectivity index (χ2n) is 3.92. The molecule has 0 saturated carbocycles. The average Bonchev–Trinajstić information content (AvgIpc) is 2.37. The van der Waals surface area contributed by atoms with Gasteiger partial charge in [-0.25, -0.2) is 13.2 Å². The van der Waals surface area contributed by atoms with Crippen LogP contribution in [0.4, 0.5) is 13.2 Å². The molecule has 0 aromatic heterocycles. The van der Waals surface area contributed by atoms with Gasteiger partial charge in [0.25, 0.3) is 0 Å². The summed E-state index contributed by atoms with van der Waals surface area (Å²) in [6.07, 6.45) is 0. The first kappa shape index (κ1) is 13.0. The summed E-state index contributed by atoms with van der Waals surface area (Å²) in [5, 5.41) is 8.56. The highest BCUT2D eigenvalue weighted by atomic mass is 19.1. The maximum absolute atomic E-state index is 13.6. The lowest BCUT2D eigenvalue weighted by Gasteiger charge is -2.09. The largest absolute Gasteiger partial charge is 0.448 e. The van der Waals surface area contributed by atoms with Crippen molar-refractivity contribution < 1.29 is 17.9 Å². The molecule has 0 aliphatic rings. The molecule has 2 nitrogen and oxygen atoms in total. The highest BCUT2D eigenvalue weighted by molar-refractivity contribution is 5.41. The lowest BCUT2D eigenvalue weighted by atomic mass is 10.2. The molecule has 2 aromatic rings. The molecule has 5 heteroatoms.